The molecule has 1 atom stereocenters. The smallest absolute Gasteiger partial charge is 0.0589 e. The summed E-state index contributed by atoms with van der Waals surface area (Å²) in [6, 6.07) is 0. The van der Waals surface area contributed by atoms with Crippen LogP contribution in [0.5, 0.6) is 0 Å². The lowest BCUT2D eigenvalue weighted by atomic mass is 9.74. The molecule has 0 spiro atoms. The van der Waals surface area contributed by atoms with Crippen LogP contribution in [0.1, 0.15) is 20.3 Å². The highest BCUT2D eigenvalue weighted by Crippen LogP contribution is 2.34. The molecule has 1 saturated heterocycles. The van der Waals surface area contributed by atoms with Crippen molar-refractivity contribution in [3.63, 3.8) is 0 Å². The maximum atomic E-state index is 5.13. The molecule has 0 saturated carbocycles. The summed E-state index contributed by atoms with van der Waals surface area (Å²) in [4.78, 5) is 2.52. The molecule has 1 aliphatic heterocycles. The Morgan fingerprint density at radius 1 is 1.47 bits per heavy atom. The fraction of sp³-hybridized carbons (Fsp3) is 1.00. The monoisotopic (exact) mass is 214 g/mol. The summed E-state index contributed by atoms with van der Waals surface area (Å²) in [5.74, 6) is 0.807. The Morgan fingerprint density at radius 2 is 2.20 bits per heavy atom. The number of nitrogens with zero attached hydrogens (tertiary/aromatic N) is 1. The van der Waals surface area contributed by atoms with E-state index in [9.17, 15) is 0 Å². The number of piperidine rings is 1. The number of hydrogen-bond donors (Lipinski definition) is 1. The Kier molecular flexibility index (Phi) is 5.03. The number of hydrogen-bond acceptors (Lipinski definition) is 3. The van der Waals surface area contributed by atoms with Crippen LogP contribution < -0.4 is 5.32 Å². The second kappa shape index (κ2) is 5.83. The third-order valence-corrected chi connectivity index (χ3v) is 3.59. The van der Waals surface area contributed by atoms with E-state index in [2.05, 4.69) is 24.1 Å². The van der Waals surface area contributed by atoms with Gasteiger partial charge in [0.1, 0.15) is 0 Å². The number of rotatable bonds is 5. The first-order valence-electron chi connectivity index (χ1n) is 5.96. The van der Waals surface area contributed by atoms with Crippen molar-refractivity contribution in [3.8, 4) is 0 Å². The van der Waals surface area contributed by atoms with Gasteiger partial charge in [0.2, 0.25) is 0 Å². The Morgan fingerprint density at radius 3 is 2.73 bits per heavy atom. The van der Waals surface area contributed by atoms with Gasteiger partial charge in [-0.3, -0.25) is 0 Å². The first-order chi connectivity index (χ1) is 7.10. The van der Waals surface area contributed by atoms with Crippen LogP contribution in [0.2, 0.25) is 0 Å². The Labute approximate surface area is 94.2 Å². The van der Waals surface area contributed by atoms with E-state index in [1.165, 1.54) is 19.5 Å². The topological polar surface area (TPSA) is 24.5 Å². The van der Waals surface area contributed by atoms with Gasteiger partial charge in [-0.2, -0.15) is 0 Å². The van der Waals surface area contributed by atoms with Crippen LogP contribution in [0.15, 0.2) is 0 Å². The summed E-state index contributed by atoms with van der Waals surface area (Å²) >= 11 is 0. The van der Waals surface area contributed by atoms with Gasteiger partial charge in [-0.1, -0.05) is 13.8 Å². The SMILES string of the molecule is CNCC1CCN(CCOC)CC1(C)C. The summed E-state index contributed by atoms with van der Waals surface area (Å²) in [6.45, 7) is 10.3. The third-order valence-electron chi connectivity index (χ3n) is 3.59. The second-order valence-electron chi connectivity index (χ2n) is 5.30. The molecule has 0 bridgehead atoms. The molecule has 1 N–H and O–H groups in total. The normalized spacial score (nSPS) is 26.8. The molecule has 1 fully saturated rings. The molecular formula is C12H26N2O. The zero-order valence-corrected chi connectivity index (χ0v) is 10.7. The van der Waals surface area contributed by atoms with E-state index < -0.39 is 0 Å². The lowest BCUT2D eigenvalue weighted by Crippen LogP contribution is -2.49. The van der Waals surface area contributed by atoms with Crippen molar-refractivity contribution < 1.29 is 4.74 Å². The zero-order chi connectivity index (χ0) is 11.3. The molecule has 0 radical (unpaired) electrons. The summed E-state index contributed by atoms with van der Waals surface area (Å²) in [7, 11) is 3.83. The molecule has 15 heavy (non-hydrogen) atoms. The van der Waals surface area contributed by atoms with E-state index in [1.54, 1.807) is 7.11 Å². The molecule has 0 amide bonds. The number of nitrogens with one attached hydrogen (secondary N) is 1. The van der Waals surface area contributed by atoms with Gasteiger partial charge < -0.3 is 15.0 Å². The van der Waals surface area contributed by atoms with Crippen molar-refractivity contribution in [1.29, 1.82) is 0 Å². The van der Waals surface area contributed by atoms with Crippen LogP contribution in [0.25, 0.3) is 0 Å². The molecule has 0 aromatic heterocycles. The Bertz CT molecular complexity index is 182. The van der Waals surface area contributed by atoms with Gasteiger partial charge in [-0.25, -0.2) is 0 Å². The van der Waals surface area contributed by atoms with E-state index in [0.29, 0.717) is 5.41 Å². The highest BCUT2D eigenvalue weighted by molar-refractivity contribution is 4.87. The standard InChI is InChI=1S/C12H26N2O/c1-12(2)10-14(7-8-15-4)6-5-11(12)9-13-3/h11,13H,5-10H2,1-4H3. The average molecular weight is 214 g/mol. The van der Waals surface area contributed by atoms with Gasteiger partial charge in [0, 0.05) is 20.2 Å². The highest BCUT2D eigenvalue weighted by atomic mass is 16.5. The molecule has 0 aromatic carbocycles. The molecule has 1 aliphatic rings. The maximum absolute atomic E-state index is 5.13. The van der Waals surface area contributed by atoms with Gasteiger partial charge in [0.05, 0.1) is 6.61 Å². The van der Waals surface area contributed by atoms with Crippen molar-refractivity contribution in [1.82, 2.24) is 10.2 Å². The van der Waals surface area contributed by atoms with E-state index >= 15 is 0 Å². The summed E-state index contributed by atoms with van der Waals surface area (Å²) < 4.78 is 5.13. The van der Waals surface area contributed by atoms with Gasteiger partial charge in [-0.15, -0.1) is 0 Å². The van der Waals surface area contributed by atoms with Crippen LogP contribution in [-0.2, 0) is 4.74 Å². The third kappa shape index (κ3) is 3.74. The molecule has 3 nitrogen and oxygen atoms in total. The fourth-order valence-corrected chi connectivity index (χ4v) is 2.55. The van der Waals surface area contributed by atoms with Crippen molar-refractivity contribution in [2.75, 3.05) is 46.9 Å². The molecule has 0 aliphatic carbocycles. The van der Waals surface area contributed by atoms with E-state index in [-0.39, 0.29) is 0 Å². The number of methoxy groups -OCH3 is 1. The maximum Gasteiger partial charge on any atom is 0.0589 e. The lowest BCUT2D eigenvalue weighted by Gasteiger charge is -2.44. The quantitative estimate of drug-likeness (QED) is 0.744. The average Bonchev–Trinajstić information content (AvgIpc) is 2.18. The molecular weight excluding hydrogens is 188 g/mol. The molecule has 90 valence electrons. The van der Waals surface area contributed by atoms with Gasteiger partial charge >= 0.3 is 0 Å². The first kappa shape index (κ1) is 12.9. The van der Waals surface area contributed by atoms with Crippen molar-refractivity contribution in [2.45, 2.75) is 20.3 Å². The van der Waals surface area contributed by atoms with Crippen LogP contribution in [0.3, 0.4) is 0 Å². The van der Waals surface area contributed by atoms with E-state index in [4.69, 9.17) is 4.74 Å². The summed E-state index contributed by atoms with van der Waals surface area (Å²) in [6.07, 6.45) is 1.30. The van der Waals surface area contributed by atoms with Gasteiger partial charge in [0.25, 0.3) is 0 Å². The lowest BCUT2D eigenvalue weighted by molar-refractivity contribution is 0.0394. The first-order valence-corrected chi connectivity index (χ1v) is 5.96. The molecule has 1 heterocycles. The van der Waals surface area contributed by atoms with E-state index in [0.717, 1.165) is 25.6 Å². The predicted octanol–water partition coefficient (Wildman–Crippen LogP) is 1.20. The van der Waals surface area contributed by atoms with Crippen LogP contribution in [-0.4, -0.2) is 51.8 Å². The van der Waals surface area contributed by atoms with Gasteiger partial charge in [-0.05, 0) is 37.9 Å². The van der Waals surface area contributed by atoms with Crippen LogP contribution >= 0.6 is 0 Å². The minimum atomic E-state index is 0.426. The van der Waals surface area contributed by atoms with Crippen LogP contribution in [0, 0.1) is 11.3 Å². The summed E-state index contributed by atoms with van der Waals surface area (Å²) in [5, 5.41) is 3.31. The minimum Gasteiger partial charge on any atom is -0.383 e. The highest BCUT2D eigenvalue weighted by Gasteiger charge is 2.34. The number of likely N-dealkylation sites (tertiary alicyclic amines) is 1. The molecule has 0 aromatic rings. The summed E-state index contributed by atoms with van der Waals surface area (Å²) in [5.41, 5.74) is 0.426. The Hall–Kier alpha value is -0.120. The fourth-order valence-electron chi connectivity index (χ4n) is 2.55. The number of ether oxygens (including phenoxy) is 1. The second-order valence-corrected chi connectivity index (χ2v) is 5.30. The molecule has 1 unspecified atom stereocenters. The van der Waals surface area contributed by atoms with Crippen molar-refractivity contribution in [2.24, 2.45) is 11.3 Å². The van der Waals surface area contributed by atoms with Crippen molar-refractivity contribution >= 4 is 0 Å². The minimum absolute atomic E-state index is 0.426. The van der Waals surface area contributed by atoms with Crippen LogP contribution in [0.4, 0.5) is 0 Å². The largest absolute Gasteiger partial charge is 0.383 e. The molecule has 3 heteroatoms. The predicted molar refractivity (Wildman–Crippen MR) is 64.1 cm³/mol. The molecule has 1 rings (SSSR count). The Balaban J connectivity index is 2.41. The van der Waals surface area contributed by atoms with E-state index in [1.807, 2.05) is 7.05 Å². The van der Waals surface area contributed by atoms with Crippen molar-refractivity contribution in [3.05, 3.63) is 0 Å². The zero-order valence-electron chi connectivity index (χ0n) is 10.7. The van der Waals surface area contributed by atoms with Gasteiger partial charge in [0.15, 0.2) is 0 Å².